The van der Waals surface area contributed by atoms with Gasteiger partial charge < -0.3 is 0 Å². The van der Waals surface area contributed by atoms with E-state index in [9.17, 15) is 0 Å². The molecule has 3 aromatic rings. The lowest BCUT2D eigenvalue weighted by Gasteiger charge is -2.12. The molecule has 2 heterocycles. The van der Waals surface area contributed by atoms with E-state index in [4.69, 9.17) is 0 Å². The maximum atomic E-state index is 4.41. The van der Waals surface area contributed by atoms with Crippen molar-refractivity contribution in [1.29, 1.82) is 0 Å². The Morgan fingerprint density at radius 1 is 1.24 bits per heavy atom. The van der Waals surface area contributed by atoms with Crippen LogP contribution in [-0.4, -0.2) is 25.2 Å². The summed E-state index contributed by atoms with van der Waals surface area (Å²) in [5, 5.41) is 13.6. The summed E-state index contributed by atoms with van der Waals surface area (Å²) in [6.07, 6.45) is 4.24. The van der Waals surface area contributed by atoms with Crippen molar-refractivity contribution in [2.75, 3.05) is 0 Å². The van der Waals surface area contributed by atoms with Crippen molar-refractivity contribution in [2.45, 2.75) is 36.0 Å². The van der Waals surface area contributed by atoms with Crippen LogP contribution in [0.4, 0.5) is 0 Å². The molecule has 0 N–H and O–H groups in total. The molecule has 1 aliphatic rings. The zero-order valence-electron chi connectivity index (χ0n) is 11.7. The van der Waals surface area contributed by atoms with Crippen molar-refractivity contribution in [3.8, 4) is 0 Å². The van der Waals surface area contributed by atoms with E-state index in [1.165, 1.54) is 23.1 Å². The zero-order chi connectivity index (χ0) is 14.2. The van der Waals surface area contributed by atoms with Crippen molar-refractivity contribution in [3.63, 3.8) is 0 Å². The molecule has 5 nitrogen and oxygen atoms in total. The number of rotatable bonds is 4. The number of thioether (sulfide) groups is 1. The largest absolute Gasteiger partial charge is 0.256 e. The van der Waals surface area contributed by atoms with Gasteiger partial charge in [-0.05, 0) is 42.3 Å². The number of tetrazole rings is 1. The van der Waals surface area contributed by atoms with Crippen LogP contribution in [0.1, 0.15) is 36.9 Å². The lowest BCUT2D eigenvalue weighted by Crippen LogP contribution is -2.05. The molecule has 0 amide bonds. The van der Waals surface area contributed by atoms with Crippen LogP contribution < -0.4 is 0 Å². The maximum Gasteiger partial charge on any atom is 0.164 e. The summed E-state index contributed by atoms with van der Waals surface area (Å²) in [6, 6.07) is 10.8. The van der Waals surface area contributed by atoms with Crippen molar-refractivity contribution < 1.29 is 0 Å². The minimum atomic E-state index is 0.214. The Morgan fingerprint density at radius 2 is 2.10 bits per heavy atom. The first kappa shape index (κ1) is 12.8. The number of fused-ring (bicyclic) bond motifs is 1. The molecule has 0 saturated heterocycles. The molecule has 1 aliphatic carbocycles. The second-order valence-corrected chi connectivity index (χ2v) is 6.68. The van der Waals surface area contributed by atoms with Gasteiger partial charge >= 0.3 is 0 Å². The SMILES string of the molecule is CC(Sc1ccnc2ccccc12)c1nnnn1C1CC1. The quantitative estimate of drug-likeness (QED) is 0.691. The van der Waals surface area contributed by atoms with Gasteiger partial charge in [-0.1, -0.05) is 18.2 Å². The van der Waals surface area contributed by atoms with Crippen LogP contribution >= 0.6 is 11.8 Å². The molecule has 0 bridgehead atoms. The van der Waals surface area contributed by atoms with Crippen LogP contribution in [0, 0.1) is 0 Å². The van der Waals surface area contributed by atoms with Gasteiger partial charge in [-0.2, -0.15) is 0 Å². The van der Waals surface area contributed by atoms with E-state index in [1.54, 1.807) is 11.8 Å². The summed E-state index contributed by atoms with van der Waals surface area (Å²) in [5.41, 5.74) is 1.02. The van der Waals surface area contributed by atoms with E-state index in [2.05, 4.69) is 39.6 Å². The fourth-order valence-electron chi connectivity index (χ4n) is 2.46. The summed E-state index contributed by atoms with van der Waals surface area (Å²) in [4.78, 5) is 5.63. The molecule has 6 heteroatoms. The first-order valence-corrected chi connectivity index (χ1v) is 7.99. The Balaban J connectivity index is 1.66. The molecular formula is C15H15N5S. The highest BCUT2D eigenvalue weighted by Crippen LogP contribution is 2.41. The van der Waals surface area contributed by atoms with Crippen LogP contribution in [-0.2, 0) is 0 Å². The topological polar surface area (TPSA) is 56.5 Å². The molecule has 2 aromatic heterocycles. The number of para-hydroxylation sites is 1. The van der Waals surface area contributed by atoms with Gasteiger partial charge in [0.2, 0.25) is 0 Å². The Bertz CT molecular complexity index is 775. The zero-order valence-corrected chi connectivity index (χ0v) is 12.5. The second kappa shape index (κ2) is 5.11. The predicted molar refractivity (Wildman–Crippen MR) is 82.1 cm³/mol. The minimum absolute atomic E-state index is 0.214. The van der Waals surface area contributed by atoms with Gasteiger partial charge in [-0.3, -0.25) is 4.98 Å². The van der Waals surface area contributed by atoms with E-state index in [0.29, 0.717) is 6.04 Å². The molecule has 4 rings (SSSR count). The van der Waals surface area contributed by atoms with Crippen LogP contribution in [0.25, 0.3) is 10.9 Å². The average molecular weight is 297 g/mol. The lowest BCUT2D eigenvalue weighted by atomic mass is 10.2. The number of pyridine rings is 1. The van der Waals surface area contributed by atoms with E-state index in [-0.39, 0.29) is 5.25 Å². The predicted octanol–water partition coefficient (Wildman–Crippen LogP) is 3.41. The van der Waals surface area contributed by atoms with Gasteiger partial charge in [0.1, 0.15) is 0 Å². The molecule has 0 aliphatic heterocycles. The highest BCUT2D eigenvalue weighted by atomic mass is 32.2. The summed E-state index contributed by atoms with van der Waals surface area (Å²) in [7, 11) is 0. The van der Waals surface area contributed by atoms with Crippen LogP contribution in [0.5, 0.6) is 0 Å². The van der Waals surface area contributed by atoms with Gasteiger partial charge in [0, 0.05) is 16.5 Å². The third-order valence-corrected chi connectivity index (χ3v) is 4.86. The molecule has 21 heavy (non-hydrogen) atoms. The Hall–Kier alpha value is -1.95. The summed E-state index contributed by atoms with van der Waals surface area (Å²) in [5.74, 6) is 0.961. The molecular weight excluding hydrogens is 282 g/mol. The summed E-state index contributed by atoms with van der Waals surface area (Å²) < 4.78 is 1.99. The molecule has 1 atom stereocenters. The molecule has 1 saturated carbocycles. The number of aromatic nitrogens is 5. The monoisotopic (exact) mass is 297 g/mol. The van der Waals surface area contributed by atoms with Crippen molar-refractivity contribution >= 4 is 22.7 Å². The first-order chi connectivity index (χ1) is 10.3. The summed E-state index contributed by atoms with van der Waals surface area (Å²) >= 11 is 1.79. The smallest absolute Gasteiger partial charge is 0.164 e. The second-order valence-electron chi connectivity index (χ2n) is 5.30. The molecule has 106 valence electrons. The van der Waals surface area contributed by atoms with Crippen molar-refractivity contribution in [3.05, 3.63) is 42.4 Å². The molecule has 1 unspecified atom stereocenters. The fourth-order valence-corrected chi connectivity index (χ4v) is 3.54. The highest BCUT2D eigenvalue weighted by Gasteiger charge is 2.29. The Labute approximate surface area is 126 Å². The number of hydrogen-bond donors (Lipinski definition) is 0. The average Bonchev–Trinajstić information content (AvgIpc) is 3.24. The normalized spacial score (nSPS) is 16.2. The number of nitrogens with zero attached hydrogens (tertiary/aromatic N) is 5. The molecule has 0 radical (unpaired) electrons. The highest BCUT2D eigenvalue weighted by molar-refractivity contribution is 7.99. The molecule has 0 spiro atoms. The van der Waals surface area contributed by atoms with Gasteiger partial charge in [-0.15, -0.1) is 16.9 Å². The Morgan fingerprint density at radius 3 is 2.95 bits per heavy atom. The van der Waals surface area contributed by atoms with Gasteiger partial charge in [0.15, 0.2) is 5.82 Å². The van der Waals surface area contributed by atoms with Crippen LogP contribution in [0.2, 0.25) is 0 Å². The van der Waals surface area contributed by atoms with Crippen LogP contribution in [0.15, 0.2) is 41.4 Å². The van der Waals surface area contributed by atoms with Gasteiger partial charge in [0.05, 0.1) is 16.8 Å². The van der Waals surface area contributed by atoms with Crippen LogP contribution in [0.3, 0.4) is 0 Å². The maximum absolute atomic E-state index is 4.41. The summed E-state index contributed by atoms with van der Waals surface area (Å²) in [6.45, 7) is 2.16. The molecule has 1 aromatic carbocycles. The fraction of sp³-hybridized carbons (Fsp3) is 0.333. The van der Waals surface area contributed by atoms with Crippen molar-refractivity contribution in [1.82, 2.24) is 25.2 Å². The minimum Gasteiger partial charge on any atom is -0.256 e. The molecule has 1 fully saturated rings. The first-order valence-electron chi connectivity index (χ1n) is 7.11. The van der Waals surface area contributed by atoms with Gasteiger partial charge in [-0.25, -0.2) is 4.68 Å². The lowest BCUT2D eigenvalue weighted by molar-refractivity contribution is 0.583. The number of benzene rings is 1. The standard InChI is InChI=1S/C15H15N5S/c1-10(15-17-18-19-20(15)11-6-7-11)21-14-8-9-16-13-5-3-2-4-12(13)14/h2-5,8-11H,6-7H2,1H3. The Kier molecular flexibility index (Phi) is 3.11. The third-order valence-electron chi connectivity index (χ3n) is 3.69. The third kappa shape index (κ3) is 2.40. The van der Waals surface area contributed by atoms with Gasteiger partial charge in [0.25, 0.3) is 0 Å². The van der Waals surface area contributed by atoms with Crippen molar-refractivity contribution in [2.24, 2.45) is 0 Å². The van der Waals surface area contributed by atoms with E-state index in [0.717, 1.165) is 11.3 Å². The number of hydrogen-bond acceptors (Lipinski definition) is 5. The van der Waals surface area contributed by atoms with E-state index in [1.807, 2.05) is 29.1 Å². The van der Waals surface area contributed by atoms with E-state index < -0.39 is 0 Å². The van der Waals surface area contributed by atoms with E-state index >= 15 is 0 Å².